The van der Waals surface area contributed by atoms with E-state index in [1.807, 2.05) is 12.1 Å². The second-order valence-electron chi connectivity index (χ2n) is 12.8. The van der Waals surface area contributed by atoms with E-state index >= 15 is 0 Å². The maximum absolute atomic E-state index is 7.09. The van der Waals surface area contributed by atoms with E-state index in [1.165, 1.54) is 27.8 Å². The number of hydrogen-bond acceptors (Lipinski definition) is 4. The van der Waals surface area contributed by atoms with Crippen LogP contribution in [0.4, 0.5) is 34.1 Å². The number of nitrogens with zero attached hydrogens (tertiary/aromatic N) is 2. The Kier molecular flexibility index (Phi) is 5.25. The van der Waals surface area contributed by atoms with Gasteiger partial charge in [-0.3, -0.25) is 0 Å². The Morgan fingerprint density at radius 3 is 1.69 bits per heavy atom. The van der Waals surface area contributed by atoms with Gasteiger partial charge in [-0.1, -0.05) is 97.1 Å². The Morgan fingerprint density at radius 1 is 0.354 bits per heavy atom. The zero-order chi connectivity index (χ0) is 31.3. The molecule has 0 saturated carbocycles. The number of ether oxygens (including phenoxy) is 2. The number of rotatable bonds is 2. The number of para-hydroxylation sites is 4. The average Bonchev–Trinajstić information content (AvgIpc) is 3.15. The Morgan fingerprint density at radius 2 is 0.896 bits per heavy atom. The lowest BCUT2D eigenvalue weighted by molar-refractivity contribution is 0.465. The number of hydrogen-bond donors (Lipinski definition) is 0. The summed E-state index contributed by atoms with van der Waals surface area (Å²) >= 11 is 0. The van der Waals surface area contributed by atoms with Gasteiger partial charge in [-0.05, 0) is 88.0 Å². The minimum absolute atomic E-state index is 0.00670. The molecular weight excluding hydrogens is 586 g/mol. The van der Waals surface area contributed by atoms with Gasteiger partial charge in [0.1, 0.15) is 23.0 Å². The summed E-state index contributed by atoms with van der Waals surface area (Å²) in [5.74, 6) is 3.51. The second-order valence-corrected chi connectivity index (χ2v) is 12.8. The SMILES string of the molecule is c1ccc(N2c3ccccc3B3c4ccc5c(c4N(c4ccccc4)c4cccc2c43)Oc2cccc3c2B5c2ccccc2O3)cc1. The van der Waals surface area contributed by atoms with Crippen molar-refractivity contribution in [2.75, 3.05) is 9.80 Å². The van der Waals surface area contributed by atoms with E-state index in [1.54, 1.807) is 0 Å². The van der Waals surface area contributed by atoms with Crippen LogP contribution in [0.5, 0.6) is 23.0 Å². The fourth-order valence-corrected chi connectivity index (χ4v) is 8.50. The molecule has 222 valence electrons. The zero-order valence-electron chi connectivity index (χ0n) is 25.9. The molecule has 4 heterocycles. The molecule has 4 aliphatic rings. The van der Waals surface area contributed by atoms with Crippen molar-refractivity contribution in [1.29, 1.82) is 0 Å². The molecule has 0 unspecified atom stereocenters. The molecule has 0 fully saturated rings. The van der Waals surface area contributed by atoms with Crippen LogP contribution in [0.25, 0.3) is 0 Å². The van der Waals surface area contributed by atoms with Crippen LogP contribution in [0.3, 0.4) is 0 Å². The fraction of sp³-hybridized carbons (Fsp3) is 0. The van der Waals surface area contributed by atoms with E-state index in [0.717, 1.165) is 62.1 Å². The van der Waals surface area contributed by atoms with Gasteiger partial charge < -0.3 is 19.3 Å². The third-order valence-corrected chi connectivity index (χ3v) is 10.4. The molecule has 7 aromatic carbocycles. The first-order valence-corrected chi connectivity index (χ1v) is 16.5. The summed E-state index contributed by atoms with van der Waals surface area (Å²) in [6.45, 7) is 0.0127. The lowest BCUT2D eigenvalue weighted by Gasteiger charge is -2.45. The highest BCUT2D eigenvalue weighted by molar-refractivity contribution is 7.01. The van der Waals surface area contributed by atoms with Gasteiger partial charge >= 0.3 is 0 Å². The molecule has 4 nitrogen and oxygen atoms in total. The highest BCUT2D eigenvalue weighted by Gasteiger charge is 2.47. The van der Waals surface area contributed by atoms with E-state index < -0.39 is 0 Å². The van der Waals surface area contributed by atoms with Crippen LogP contribution in [0.15, 0.2) is 158 Å². The van der Waals surface area contributed by atoms with Crippen molar-refractivity contribution in [2.45, 2.75) is 0 Å². The maximum Gasteiger partial charge on any atom is 0.260 e. The molecule has 0 bridgehead atoms. The van der Waals surface area contributed by atoms with Crippen molar-refractivity contribution in [2.24, 2.45) is 0 Å². The van der Waals surface area contributed by atoms with Crippen molar-refractivity contribution in [3.8, 4) is 23.0 Å². The van der Waals surface area contributed by atoms with Crippen LogP contribution in [-0.2, 0) is 0 Å². The highest BCUT2D eigenvalue weighted by Crippen LogP contribution is 2.47. The number of anilines is 6. The summed E-state index contributed by atoms with van der Waals surface area (Å²) in [5, 5.41) is 0. The fourth-order valence-electron chi connectivity index (χ4n) is 8.50. The average molecular weight is 612 g/mol. The molecule has 0 spiro atoms. The van der Waals surface area contributed by atoms with Crippen LogP contribution >= 0.6 is 0 Å². The number of benzene rings is 7. The van der Waals surface area contributed by atoms with Crippen LogP contribution < -0.4 is 52.1 Å². The number of fused-ring (bicyclic) bond motifs is 9. The maximum atomic E-state index is 7.09. The normalized spacial score (nSPS) is 14.0. The predicted molar refractivity (Wildman–Crippen MR) is 198 cm³/mol. The van der Waals surface area contributed by atoms with E-state index in [0.29, 0.717) is 0 Å². The van der Waals surface area contributed by atoms with Crippen molar-refractivity contribution >= 4 is 80.3 Å². The summed E-state index contributed by atoms with van der Waals surface area (Å²) in [7, 11) is 0. The Balaban J connectivity index is 1.23. The molecule has 6 heteroatoms. The molecule has 0 atom stereocenters. The molecule has 0 radical (unpaired) electrons. The lowest BCUT2D eigenvalue weighted by atomic mass is 9.31. The molecule has 0 saturated heterocycles. The quantitative estimate of drug-likeness (QED) is 0.209. The molecule has 4 aliphatic heterocycles. The Labute approximate surface area is 279 Å². The van der Waals surface area contributed by atoms with E-state index in [-0.39, 0.29) is 13.4 Å². The van der Waals surface area contributed by atoms with Crippen LogP contribution in [0.1, 0.15) is 0 Å². The van der Waals surface area contributed by atoms with Crippen LogP contribution in [-0.4, -0.2) is 13.4 Å². The molecule has 7 aromatic rings. The third kappa shape index (κ3) is 3.41. The highest BCUT2D eigenvalue weighted by atomic mass is 16.5. The second kappa shape index (κ2) is 9.69. The summed E-state index contributed by atoms with van der Waals surface area (Å²) < 4.78 is 13.5. The largest absolute Gasteiger partial charge is 0.458 e. The molecular formula is C42H26B2N2O2. The van der Waals surface area contributed by atoms with E-state index in [9.17, 15) is 0 Å². The standard InChI is InChI=1S/C42H26B2N2O2/c1-3-13-27(14-4-1)45-33-19-9-7-17-29(33)43-31-25-26-32-42(41(31)46(28-15-5-2-6-16-28)35-21-11-20-34(45)39(35)43)48-38-24-12-23-37-40(38)44(32)30-18-8-10-22-36(30)47-37/h1-26H. The molecule has 0 N–H and O–H groups in total. The Hall–Kier alpha value is -6.13. The first-order valence-electron chi connectivity index (χ1n) is 16.5. The smallest absolute Gasteiger partial charge is 0.260 e. The molecule has 48 heavy (non-hydrogen) atoms. The van der Waals surface area contributed by atoms with Gasteiger partial charge in [0.05, 0.1) is 5.69 Å². The van der Waals surface area contributed by atoms with Crippen LogP contribution in [0, 0.1) is 0 Å². The van der Waals surface area contributed by atoms with Gasteiger partial charge in [0.2, 0.25) is 0 Å². The van der Waals surface area contributed by atoms with Crippen molar-refractivity contribution < 1.29 is 9.47 Å². The predicted octanol–water partition coefficient (Wildman–Crippen LogP) is 6.50. The van der Waals surface area contributed by atoms with Crippen molar-refractivity contribution in [3.63, 3.8) is 0 Å². The van der Waals surface area contributed by atoms with E-state index in [2.05, 4.69) is 155 Å². The topological polar surface area (TPSA) is 24.9 Å². The third-order valence-electron chi connectivity index (χ3n) is 10.4. The summed E-state index contributed by atoms with van der Waals surface area (Å²) in [6, 6.07) is 56.3. The summed E-state index contributed by atoms with van der Waals surface area (Å²) in [4.78, 5) is 4.85. The Bertz CT molecular complexity index is 2450. The summed E-state index contributed by atoms with van der Waals surface area (Å²) in [5.41, 5.74) is 14.1. The monoisotopic (exact) mass is 612 g/mol. The van der Waals surface area contributed by atoms with Gasteiger partial charge in [-0.2, -0.15) is 0 Å². The first-order chi connectivity index (χ1) is 23.8. The summed E-state index contributed by atoms with van der Waals surface area (Å²) in [6.07, 6.45) is 0. The van der Waals surface area contributed by atoms with Gasteiger partial charge in [-0.15, -0.1) is 0 Å². The molecule has 0 aromatic heterocycles. The van der Waals surface area contributed by atoms with Gasteiger partial charge in [0, 0.05) is 33.9 Å². The zero-order valence-corrected chi connectivity index (χ0v) is 25.9. The van der Waals surface area contributed by atoms with Crippen molar-refractivity contribution in [1.82, 2.24) is 0 Å². The van der Waals surface area contributed by atoms with E-state index in [4.69, 9.17) is 9.47 Å². The molecule has 0 aliphatic carbocycles. The van der Waals surface area contributed by atoms with Crippen molar-refractivity contribution in [3.05, 3.63) is 158 Å². The minimum Gasteiger partial charge on any atom is -0.458 e. The first kappa shape index (κ1) is 26.0. The lowest BCUT2D eigenvalue weighted by Crippen LogP contribution is -2.63. The molecule has 0 amide bonds. The van der Waals surface area contributed by atoms with Gasteiger partial charge in [0.25, 0.3) is 13.4 Å². The van der Waals surface area contributed by atoms with Crippen LogP contribution in [0.2, 0.25) is 0 Å². The van der Waals surface area contributed by atoms with Gasteiger partial charge in [0.15, 0.2) is 0 Å². The minimum atomic E-state index is -0.00670. The van der Waals surface area contributed by atoms with Gasteiger partial charge in [-0.25, -0.2) is 0 Å². The molecule has 11 rings (SSSR count).